The lowest BCUT2D eigenvalue weighted by Crippen LogP contribution is -2.61. The van der Waals surface area contributed by atoms with Crippen LogP contribution in [0.3, 0.4) is 0 Å². The monoisotopic (exact) mass is 713 g/mol. The van der Waals surface area contributed by atoms with Gasteiger partial charge in [-0.1, -0.05) is 27.0 Å². The van der Waals surface area contributed by atoms with E-state index in [1.165, 1.54) is 0 Å². The van der Waals surface area contributed by atoms with E-state index in [0.717, 1.165) is 56.1 Å². The van der Waals surface area contributed by atoms with Gasteiger partial charge in [-0.05, 0) is 73.8 Å². The lowest BCUT2D eigenvalue weighted by Gasteiger charge is -2.47. The van der Waals surface area contributed by atoms with E-state index in [1.807, 2.05) is 0 Å². The lowest BCUT2D eigenvalue weighted by molar-refractivity contribution is -0.292. The van der Waals surface area contributed by atoms with Crippen molar-refractivity contribution in [1.82, 2.24) is 0 Å². The first-order valence-electron chi connectivity index (χ1n) is 20.1. The molecule has 3 N–H and O–H groups in total. The average molecular weight is 714 g/mol. The summed E-state index contributed by atoms with van der Waals surface area (Å²) in [4.78, 5) is 14.0. The molecule has 10 fully saturated rings. The molecule has 0 saturated carbocycles. The molecule has 10 aliphatic rings. The minimum atomic E-state index is -0.765. The molecule has 10 rings (SSSR count). The molecule has 11 nitrogen and oxygen atoms in total. The molecule has 0 radical (unpaired) electrons. The molecule has 0 aromatic carbocycles. The van der Waals surface area contributed by atoms with Gasteiger partial charge >= 0.3 is 0 Å². The number of Topliss-reactive ketones (excluding diaryl/α,β-unsaturated/α-hetero) is 1. The summed E-state index contributed by atoms with van der Waals surface area (Å²) in [5, 5.41) is 10.5. The van der Waals surface area contributed by atoms with Crippen molar-refractivity contribution in [3.05, 3.63) is 24.3 Å². The van der Waals surface area contributed by atoms with Gasteiger partial charge in [0.05, 0.1) is 61.0 Å². The highest BCUT2D eigenvalue weighted by Crippen LogP contribution is 2.54. The number of hydrogen-bond donors (Lipinski definition) is 2. The zero-order valence-corrected chi connectivity index (χ0v) is 30.4. The van der Waals surface area contributed by atoms with Gasteiger partial charge in [0.1, 0.15) is 36.3 Å². The Morgan fingerprint density at radius 1 is 0.765 bits per heavy atom. The number of fused-ring (bicyclic) bond motifs is 6. The van der Waals surface area contributed by atoms with Crippen molar-refractivity contribution in [2.75, 3.05) is 6.54 Å². The van der Waals surface area contributed by atoms with Crippen LogP contribution in [0.2, 0.25) is 0 Å². The SMILES string of the molecule is C=C1C[C@@H]2CC[C@@]34C[C@@H]5O[C@H]6[C@@H](O3)[C@H]3OC(CC[C@@H]3O[C@H]6C5O4)CC(=O)C[C@@H]3[C@@H](C)[C@@H](C[C@H](O)CN)O[C@H]3CC3O[C@@H](CCC1O2)C[C@@H](C)C3=C. The molecule has 0 aliphatic carbocycles. The van der Waals surface area contributed by atoms with Crippen molar-refractivity contribution in [3.63, 3.8) is 0 Å². The molecule has 10 saturated heterocycles. The third-order valence-corrected chi connectivity index (χ3v) is 14.2. The summed E-state index contributed by atoms with van der Waals surface area (Å²) in [6.07, 6.45) is 6.43. The standard InChI is InChI=1S/C40H59NO10/c1-19-11-25-5-7-29-20(2)12-27(44-29)9-10-40-17-34-36(50-40)37-38(49-34)39(51-40)35-30(48-37)8-6-26(46-35)13-23(42)14-28-22(4)31(15-24(43)18-41)47-33(28)16-32(45-25)21(19)3/h19,22,24-39,43H,2-3,5-18,41H2,1,4H3/t19-,22-,24+,25+,26?,27+,28-,29?,30+,31-,32?,33+,34+,35+,36?,37+,38-,39+,40+/m1/s1. The maximum absolute atomic E-state index is 14.0. The Hall–Kier alpha value is -1.25. The first-order chi connectivity index (χ1) is 24.6. The van der Waals surface area contributed by atoms with Gasteiger partial charge in [0, 0.05) is 45.1 Å². The van der Waals surface area contributed by atoms with E-state index >= 15 is 0 Å². The van der Waals surface area contributed by atoms with Crippen LogP contribution in [0.15, 0.2) is 24.3 Å². The number of ketones is 1. The van der Waals surface area contributed by atoms with E-state index in [4.69, 9.17) is 43.6 Å². The van der Waals surface area contributed by atoms with Gasteiger partial charge in [-0.15, -0.1) is 0 Å². The van der Waals surface area contributed by atoms with Crippen molar-refractivity contribution in [1.29, 1.82) is 0 Å². The van der Waals surface area contributed by atoms with Crippen molar-refractivity contribution in [3.8, 4) is 0 Å². The van der Waals surface area contributed by atoms with Gasteiger partial charge < -0.3 is 48.7 Å². The first-order valence-corrected chi connectivity index (χ1v) is 20.1. The number of rotatable bonds is 3. The fourth-order valence-electron chi connectivity index (χ4n) is 11.3. The van der Waals surface area contributed by atoms with Crippen LogP contribution in [0.1, 0.15) is 97.3 Å². The Labute approximate surface area is 302 Å². The fraction of sp³-hybridized carbons (Fsp3) is 0.875. The Bertz CT molecular complexity index is 1360. The molecule has 19 atom stereocenters. The molecule has 0 aromatic rings. The number of aliphatic hydroxyl groups excluding tert-OH is 1. The number of carbonyl (C=O) groups excluding carboxylic acids is 1. The Kier molecular flexibility index (Phi) is 9.59. The summed E-state index contributed by atoms with van der Waals surface area (Å²) in [5.74, 6) is -0.222. The zero-order chi connectivity index (χ0) is 35.2. The molecule has 11 heteroatoms. The Morgan fingerprint density at radius 3 is 2.35 bits per heavy atom. The summed E-state index contributed by atoms with van der Waals surface area (Å²) in [5.41, 5.74) is 8.06. The van der Waals surface area contributed by atoms with Gasteiger partial charge in [0.15, 0.2) is 5.79 Å². The van der Waals surface area contributed by atoms with Crippen molar-refractivity contribution >= 4 is 5.78 Å². The largest absolute Gasteiger partial charge is 0.392 e. The molecule has 12 bridgehead atoms. The van der Waals surface area contributed by atoms with E-state index in [0.29, 0.717) is 44.4 Å². The third kappa shape index (κ3) is 6.53. The minimum absolute atomic E-state index is 0.00127. The highest BCUT2D eigenvalue weighted by molar-refractivity contribution is 5.79. The maximum atomic E-state index is 14.0. The molecule has 0 aromatic heterocycles. The van der Waals surface area contributed by atoms with Crippen molar-refractivity contribution in [2.45, 2.75) is 195 Å². The number of hydrogen-bond acceptors (Lipinski definition) is 11. The number of nitrogens with two attached hydrogens (primary N) is 1. The molecule has 10 aliphatic heterocycles. The van der Waals surface area contributed by atoms with Crippen LogP contribution >= 0.6 is 0 Å². The summed E-state index contributed by atoms with van der Waals surface area (Å²) in [6, 6.07) is 0. The predicted octanol–water partition coefficient (Wildman–Crippen LogP) is 4.06. The zero-order valence-electron chi connectivity index (χ0n) is 30.4. The second-order valence-electron chi connectivity index (χ2n) is 17.6. The van der Waals surface area contributed by atoms with E-state index in [-0.39, 0.29) is 110 Å². The summed E-state index contributed by atoms with van der Waals surface area (Å²) >= 11 is 0. The highest BCUT2D eigenvalue weighted by atomic mass is 16.8. The van der Waals surface area contributed by atoms with Crippen LogP contribution in [-0.2, 0) is 42.7 Å². The normalized spacial score (nSPS) is 53.2. The van der Waals surface area contributed by atoms with Crippen molar-refractivity contribution in [2.24, 2.45) is 23.5 Å². The summed E-state index contributed by atoms with van der Waals surface area (Å²) in [7, 11) is 0. The second kappa shape index (κ2) is 13.8. The van der Waals surface area contributed by atoms with Gasteiger partial charge in [-0.3, -0.25) is 4.79 Å². The number of carbonyl (C=O) groups is 1. The van der Waals surface area contributed by atoms with Gasteiger partial charge in [-0.2, -0.15) is 0 Å². The van der Waals surface area contributed by atoms with Crippen LogP contribution in [0.4, 0.5) is 0 Å². The Morgan fingerprint density at radius 2 is 1.51 bits per heavy atom. The van der Waals surface area contributed by atoms with Crippen molar-refractivity contribution < 1.29 is 47.8 Å². The molecular formula is C40H59NO10. The predicted molar refractivity (Wildman–Crippen MR) is 185 cm³/mol. The average Bonchev–Trinajstić information content (AvgIpc) is 3.77. The summed E-state index contributed by atoms with van der Waals surface area (Å²) in [6.45, 7) is 13.5. The van der Waals surface area contributed by atoms with Crippen LogP contribution in [-0.4, -0.2) is 115 Å². The quantitative estimate of drug-likeness (QED) is 0.410. The van der Waals surface area contributed by atoms with E-state index in [2.05, 4.69) is 27.0 Å². The highest BCUT2D eigenvalue weighted by Gasteiger charge is 2.68. The van der Waals surface area contributed by atoms with Gasteiger partial charge in [-0.25, -0.2) is 0 Å². The molecule has 51 heavy (non-hydrogen) atoms. The fourth-order valence-corrected chi connectivity index (χ4v) is 11.3. The summed E-state index contributed by atoms with van der Waals surface area (Å²) < 4.78 is 54.0. The Balaban J connectivity index is 0.986. The number of aliphatic hydroxyl groups is 1. The smallest absolute Gasteiger partial charge is 0.172 e. The molecule has 10 heterocycles. The molecule has 0 amide bonds. The van der Waals surface area contributed by atoms with Crippen LogP contribution in [0, 0.1) is 17.8 Å². The van der Waals surface area contributed by atoms with E-state index in [1.54, 1.807) is 0 Å². The van der Waals surface area contributed by atoms with Gasteiger partial charge in [0.25, 0.3) is 0 Å². The minimum Gasteiger partial charge on any atom is -0.392 e. The molecular weight excluding hydrogens is 654 g/mol. The van der Waals surface area contributed by atoms with E-state index < -0.39 is 11.9 Å². The third-order valence-electron chi connectivity index (χ3n) is 14.2. The second-order valence-corrected chi connectivity index (χ2v) is 17.6. The maximum Gasteiger partial charge on any atom is 0.172 e. The van der Waals surface area contributed by atoms with Crippen LogP contribution in [0.25, 0.3) is 0 Å². The van der Waals surface area contributed by atoms with Gasteiger partial charge in [0.2, 0.25) is 0 Å². The van der Waals surface area contributed by atoms with E-state index in [9.17, 15) is 9.90 Å². The molecule has 1 spiro atoms. The van der Waals surface area contributed by atoms with Crippen LogP contribution < -0.4 is 5.73 Å². The molecule has 284 valence electrons. The lowest BCUT2D eigenvalue weighted by atomic mass is 9.78. The number of ether oxygens (including phenoxy) is 8. The van der Waals surface area contributed by atoms with Crippen LogP contribution in [0.5, 0.6) is 0 Å². The topological polar surface area (TPSA) is 137 Å². The molecule has 4 unspecified atom stereocenters. The first kappa shape index (κ1) is 35.5.